The van der Waals surface area contributed by atoms with Gasteiger partial charge in [-0.3, -0.25) is 4.79 Å². The third kappa shape index (κ3) is 4.83. The van der Waals surface area contributed by atoms with E-state index in [-0.39, 0.29) is 6.10 Å². The highest BCUT2D eigenvalue weighted by Gasteiger charge is 2.59. The molecule has 0 bridgehead atoms. The van der Waals surface area contributed by atoms with Gasteiger partial charge in [0.15, 0.2) is 0 Å². The molecule has 5 aliphatic rings. The molecule has 1 amide bonds. The molecule has 6 heteroatoms. The molecule has 4 aliphatic carbocycles. The van der Waals surface area contributed by atoms with Crippen LogP contribution in [0.2, 0.25) is 0 Å². The van der Waals surface area contributed by atoms with Gasteiger partial charge < -0.3 is 14.9 Å². The highest BCUT2D eigenvalue weighted by atomic mass is 16.3. The summed E-state index contributed by atoms with van der Waals surface area (Å²) in [4.78, 5) is 26.3. The fraction of sp³-hybridized carbons (Fsp3) is 0.788. The maximum Gasteiger partial charge on any atom is 0.222 e. The first-order valence-electron chi connectivity index (χ1n) is 15.9. The Morgan fingerprint density at radius 1 is 1.10 bits per heavy atom. The van der Waals surface area contributed by atoms with Crippen molar-refractivity contribution in [1.82, 2.24) is 14.9 Å². The van der Waals surface area contributed by atoms with E-state index < -0.39 is 0 Å². The molecule has 8 atom stereocenters. The predicted octanol–water partition coefficient (Wildman–Crippen LogP) is 5.79. The van der Waals surface area contributed by atoms with E-state index >= 15 is 0 Å². The van der Waals surface area contributed by atoms with Crippen molar-refractivity contribution in [2.45, 2.75) is 98.0 Å². The van der Waals surface area contributed by atoms with E-state index in [4.69, 9.17) is 0 Å². The summed E-state index contributed by atoms with van der Waals surface area (Å²) in [5, 5.41) is 10.3. The molecule has 39 heavy (non-hydrogen) atoms. The summed E-state index contributed by atoms with van der Waals surface area (Å²) < 4.78 is 0. The van der Waals surface area contributed by atoms with Crippen LogP contribution in [0.15, 0.2) is 23.9 Å². The number of amides is 1. The number of allylic oxidation sites excluding steroid dienone is 1. The number of aromatic nitrogens is 2. The molecular weight excluding hydrogens is 484 g/mol. The second-order valence-electron chi connectivity index (χ2n) is 14.2. The van der Waals surface area contributed by atoms with Gasteiger partial charge in [0.1, 0.15) is 11.6 Å². The van der Waals surface area contributed by atoms with Crippen LogP contribution in [0.4, 0.5) is 5.82 Å². The summed E-state index contributed by atoms with van der Waals surface area (Å²) in [6, 6.07) is 1.97. The van der Waals surface area contributed by atoms with Crippen LogP contribution in [0, 0.1) is 47.3 Å². The Bertz CT molecular complexity index is 1100. The minimum Gasteiger partial charge on any atom is -0.393 e. The molecule has 0 aromatic carbocycles. The van der Waals surface area contributed by atoms with Crippen LogP contribution in [-0.4, -0.2) is 58.2 Å². The van der Waals surface area contributed by atoms with Crippen LogP contribution in [-0.2, 0) is 4.79 Å². The average molecular weight is 535 g/mol. The van der Waals surface area contributed by atoms with Crippen molar-refractivity contribution in [1.29, 1.82) is 0 Å². The number of piperazine rings is 1. The minimum absolute atomic E-state index is 0.124. The standard InChI is InChI=1S/C33H50N4O2/c1-22(5-10-31(39)37-19-17-36(18-20-37)30-13-16-34-23(2)35-30)27-8-9-28-26-7-6-24-21-25(38)11-14-32(24,3)29(26)12-15-33(27,28)4/h6,13,16,22,25-29,38H,5,7-12,14-15,17-21H2,1-4H3/t22-,25+,26+,27-,28+,29+,32+,33-/m1/s1. The number of aryl methyl sites for hydroxylation is 1. The van der Waals surface area contributed by atoms with E-state index in [1.807, 2.05) is 19.2 Å². The highest BCUT2D eigenvalue weighted by molar-refractivity contribution is 5.76. The minimum atomic E-state index is -0.124. The van der Waals surface area contributed by atoms with Crippen LogP contribution in [0.25, 0.3) is 0 Å². The van der Waals surface area contributed by atoms with Crippen LogP contribution >= 0.6 is 0 Å². The zero-order chi connectivity index (χ0) is 27.4. The maximum atomic E-state index is 13.2. The van der Waals surface area contributed by atoms with Gasteiger partial charge in [-0.25, -0.2) is 9.97 Å². The zero-order valence-corrected chi connectivity index (χ0v) is 24.7. The Labute approximate surface area is 235 Å². The number of hydrogen-bond acceptors (Lipinski definition) is 5. The lowest BCUT2D eigenvalue weighted by molar-refractivity contribution is -0.132. The van der Waals surface area contributed by atoms with Crippen LogP contribution < -0.4 is 4.90 Å². The fourth-order valence-corrected chi connectivity index (χ4v) is 10.1. The monoisotopic (exact) mass is 534 g/mol. The lowest BCUT2D eigenvalue weighted by Crippen LogP contribution is -2.51. The number of fused-ring (bicyclic) bond motifs is 5. The molecule has 6 nitrogen and oxygen atoms in total. The number of aliphatic hydroxyl groups excluding tert-OH is 1. The molecular formula is C33H50N4O2. The van der Waals surface area contributed by atoms with Gasteiger partial charge in [-0.15, -0.1) is 0 Å². The van der Waals surface area contributed by atoms with Crippen molar-refractivity contribution in [3.63, 3.8) is 0 Å². The molecule has 1 saturated heterocycles. The van der Waals surface area contributed by atoms with E-state index in [1.54, 1.807) is 5.57 Å². The third-order valence-corrected chi connectivity index (χ3v) is 12.4. The summed E-state index contributed by atoms with van der Waals surface area (Å²) in [5.41, 5.74) is 2.30. The largest absolute Gasteiger partial charge is 0.393 e. The SMILES string of the molecule is Cc1nccc(N2CCN(C(=O)CC[C@@H](C)[C@H]3CC[C@H]4[C@@H]5CC=C6C[C@@H](O)CC[C@]6(C)[C@H]5CC[C@]34C)CC2)n1. The topological polar surface area (TPSA) is 69.6 Å². The average Bonchev–Trinajstić information content (AvgIpc) is 3.29. The van der Waals surface area contributed by atoms with Crippen molar-refractivity contribution < 1.29 is 9.90 Å². The summed E-state index contributed by atoms with van der Waals surface area (Å²) >= 11 is 0. The third-order valence-electron chi connectivity index (χ3n) is 12.4. The molecule has 2 heterocycles. The molecule has 0 spiro atoms. The molecule has 0 radical (unpaired) electrons. The Balaban J connectivity index is 1.04. The molecule has 214 valence electrons. The Hall–Kier alpha value is -1.95. The van der Waals surface area contributed by atoms with E-state index in [0.717, 1.165) is 80.8 Å². The van der Waals surface area contributed by atoms with E-state index in [1.165, 1.54) is 38.5 Å². The summed E-state index contributed by atoms with van der Waals surface area (Å²) in [7, 11) is 0. The van der Waals surface area contributed by atoms with Gasteiger partial charge >= 0.3 is 0 Å². The maximum absolute atomic E-state index is 13.2. The quantitative estimate of drug-likeness (QED) is 0.484. The molecule has 3 saturated carbocycles. The number of nitrogens with zero attached hydrogens (tertiary/aromatic N) is 4. The second-order valence-corrected chi connectivity index (χ2v) is 14.2. The smallest absolute Gasteiger partial charge is 0.222 e. The molecule has 1 aromatic heterocycles. The second kappa shape index (κ2) is 10.5. The normalized spacial score (nSPS) is 38.9. The summed E-state index contributed by atoms with van der Waals surface area (Å²) in [6.45, 7) is 12.8. The molecule has 6 rings (SSSR count). The molecule has 0 unspecified atom stereocenters. The van der Waals surface area contributed by atoms with Gasteiger partial charge in [-0.2, -0.15) is 0 Å². The van der Waals surface area contributed by atoms with Gasteiger partial charge in [0.25, 0.3) is 0 Å². The first-order chi connectivity index (χ1) is 18.7. The van der Waals surface area contributed by atoms with Gasteiger partial charge in [0.2, 0.25) is 5.91 Å². The number of rotatable bonds is 5. The lowest BCUT2D eigenvalue weighted by Gasteiger charge is -2.58. The molecule has 4 fully saturated rings. The molecule has 1 aliphatic heterocycles. The molecule has 1 N–H and O–H groups in total. The van der Waals surface area contributed by atoms with Gasteiger partial charge in [0.05, 0.1) is 6.10 Å². The van der Waals surface area contributed by atoms with Crippen molar-refractivity contribution in [2.75, 3.05) is 31.1 Å². The highest BCUT2D eigenvalue weighted by Crippen LogP contribution is 2.67. The van der Waals surface area contributed by atoms with Gasteiger partial charge in [0, 0.05) is 38.8 Å². The van der Waals surface area contributed by atoms with E-state index in [2.05, 4.69) is 46.6 Å². The number of aliphatic hydroxyl groups is 1. The fourth-order valence-electron chi connectivity index (χ4n) is 10.1. The Morgan fingerprint density at radius 2 is 1.90 bits per heavy atom. The van der Waals surface area contributed by atoms with Gasteiger partial charge in [-0.1, -0.05) is 32.4 Å². The van der Waals surface area contributed by atoms with Crippen molar-refractivity contribution in [2.24, 2.45) is 40.4 Å². The lowest BCUT2D eigenvalue weighted by atomic mass is 9.47. The Morgan fingerprint density at radius 3 is 2.67 bits per heavy atom. The van der Waals surface area contributed by atoms with Crippen LogP contribution in [0.5, 0.6) is 0 Å². The number of hydrogen-bond donors (Lipinski definition) is 1. The van der Waals surface area contributed by atoms with Crippen molar-refractivity contribution in [3.8, 4) is 0 Å². The first-order valence-corrected chi connectivity index (χ1v) is 15.9. The van der Waals surface area contributed by atoms with Gasteiger partial charge in [-0.05, 0) is 111 Å². The van der Waals surface area contributed by atoms with Crippen molar-refractivity contribution in [3.05, 3.63) is 29.7 Å². The van der Waals surface area contributed by atoms with Crippen LogP contribution in [0.1, 0.15) is 90.8 Å². The van der Waals surface area contributed by atoms with E-state index in [9.17, 15) is 9.90 Å². The summed E-state index contributed by atoms with van der Waals surface area (Å²) in [6.07, 6.45) is 15.6. The van der Waals surface area contributed by atoms with E-state index in [0.29, 0.717) is 29.1 Å². The predicted molar refractivity (Wildman–Crippen MR) is 155 cm³/mol. The first kappa shape index (κ1) is 27.2. The van der Waals surface area contributed by atoms with Crippen molar-refractivity contribution >= 4 is 11.7 Å². The number of carbonyl (C=O) groups is 1. The number of anilines is 1. The number of carbonyl (C=O) groups excluding carboxylic acids is 1. The van der Waals surface area contributed by atoms with Crippen LogP contribution in [0.3, 0.4) is 0 Å². The zero-order valence-electron chi connectivity index (χ0n) is 24.7. The Kier molecular flexibility index (Phi) is 7.31. The molecule has 1 aromatic rings. The summed E-state index contributed by atoms with van der Waals surface area (Å²) in [5.74, 6) is 5.86.